The number of sulfonamides is 1. The summed E-state index contributed by atoms with van der Waals surface area (Å²) in [4.78, 5) is 4.63. The first kappa shape index (κ1) is 23.6. The third kappa shape index (κ3) is 4.88. The number of benzene rings is 3. The van der Waals surface area contributed by atoms with Gasteiger partial charge in [0.25, 0.3) is 0 Å². The first-order valence-corrected chi connectivity index (χ1v) is 12.9. The maximum absolute atomic E-state index is 13.3. The molecule has 1 unspecified atom stereocenters. The molecule has 0 saturated carbocycles. The zero-order valence-corrected chi connectivity index (χ0v) is 21.0. The van der Waals surface area contributed by atoms with E-state index in [0.29, 0.717) is 10.6 Å². The number of anilines is 2. The summed E-state index contributed by atoms with van der Waals surface area (Å²) < 4.78 is 29.4. The number of nitrogens with one attached hydrogen (secondary N) is 1. The first-order valence-electron chi connectivity index (χ1n) is 11.1. The van der Waals surface area contributed by atoms with Gasteiger partial charge < -0.3 is 9.80 Å². The number of para-hydroxylation sites is 1. The normalized spacial score (nSPS) is 14.3. The summed E-state index contributed by atoms with van der Waals surface area (Å²) in [6, 6.07) is 19.9. The zero-order valence-electron chi connectivity index (χ0n) is 19.5. The quantitative estimate of drug-likeness (QED) is 0.507. The average Bonchev–Trinajstić information content (AvgIpc) is 3.20. The molecule has 1 N–H and O–H groups in total. The van der Waals surface area contributed by atoms with Crippen molar-refractivity contribution in [2.45, 2.75) is 31.2 Å². The molecule has 0 fully saturated rings. The van der Waals surface area contributed by atoms with Crippen molar-refractivity contribution in [1.82, 2.24) is 4.72 Å². The van der Waals surface area contributed by atoms with E-state index < -0.39 is 10.0 Å². The van der Waals surface area contributed by atoms with Crippen molar-refractivity contribution in [1.29, 1.82) is 0 Å². The number of hydrogen-bond acceptors (Lipinski definition) is 4. The van der Waals surface area contributed by atoms with Crippen LogP contribution in [0.4, 0.5) is 11.4 Å². The lowest BCUT2D eigenvalue weighted by Crippen LogP contribution is -2.37. The van der Waals surface area contributed by atoms with Crippen LogP contribution in [0.2, 0.25) is 5.02 Å². The van der Waals surface area contributed by atoms with E-state index in [1.807, 2.05) is 27.1 Å². The predicted octanol–water partition coefficient (Wildman–Crippen LogP) is 5.11. The van der Waals surface area contributed by atoms with E-state index in [-0.39, 0.29) is 17.5 Å². The summed E-state index contributed by atoms with van der Waals surface area (Å²) in [7, 11) is 0.310. The molecule has 0 radical (unpaired) electrons. The van der Waals surface area contributed by atoms with Crippen LogP contribution in [-0.2, 0) is 16.4 Å². The molecule has 1 heterocycles. The number of hydrogen-bond donors (Lipinski definition) is 1. The van der Waals surface area contributed by atoms with Crippen LogP contribution in [0.15, 0.2) is 65.6 Å². The highest BCUT2D eigenvalue weighted by atomic mass is 35.5. The lowest BCUT2D eigenvalue weighted by Gasteiger charge is -2.31. The van der Waals surface area contributed by atoms with Crippen LogP contribution < -0.4 is 14.5 Å². The third-order valence-corrected chi connectivity index (χ3v) is 8.28. The minimum absolute atomic E-state index is 0.131. The van der Waals surface area contributed by atoms with E-state index in [0.717, 1.165) is 35.5 Å². The molecule has 4 rings (SSSR count). The molecule has 3 aromatic rings. The molecule has 0 spiro atoms. The van der Waals surface area contributed by atoms with Gasteiger partial charge in [0.15, 0.2) is 0 Å². The summed E-state index contributed by atoms with van der Waals surface area (Å²) in [6.07, 6.45) is 0.949. The Morgan fingerprint density at radius 3 is 2.42 bits per heavy atom. The van der Waals surface area contributed by atoms with Crippen LogP contribution in [0.3, 0.4) is 0 Å². The second-order valence-corrected chi connectivity index (χ2v) is 10.9. The van der Waals surface area contributed by atoms with Crippen molar-refractivity contribution >= 4 is 33.0 Å². The number of halogens is 1. The fourth-order valence-corrected chi connectivity index (χ4v) is 5.97. The summed E-state index contributed by atoms with van der Waals surface area (Å²) in [5, 5.41) is 0.569. The molecule has 1 aliphatic heterocycles. The maximum Gasteiger partial charge on any atom is 0.240 e. The van der Waals surface area contributed by atoms with E-state index in [9.17, 15) is 8.42 Å². The van der Waals surface area contributed by atoms with Crippen LogP contribution in [-0.4, -0.2) is 35.6 Å². The highest BCUT2D eigenvalue weighted by Gasteiger charge is 2.29. The molecule has 33 heavy (non-hydrogen) atoms. The number of rotatable bonds is 7. The van der Waals surface area contributed by atoms with Crippen molar-refractivity contribution in [3.05, 3.63) is 87.9 Å². The minimum atomic E-state index is -3.71. The van der Waals surface area contributed by atoms with E-state index >= 15 is 0 Å². The summed E-state index contributed by atoms with van der Waals surface area (Å²) >= 11 is 6.19. The molecule has 0 amide bonds. The Hall–Kier alpha value is -2.54. The van der Waals surface area contributed by atoms with Gasteiger partial charge in [0, 0.05) is 43.6 Å². The fraction of sp³-hybridized carbons (Fsp3) is 0.308. The number of aryl methyl sites for hydroxylation is 2. The summed E-state index contributed by atoms with van der Waals surface area (Å²) in [5.74, 6) is 0. The van der Waals surface area contributed by atoms with E-state index in [1.165, 1.54) is 5.56 Å². The Kier molecular flexibility index (Phi) is 6.71. The van der Waals surface area contributed by atoms with Crippen molar-refractivity contribution in [2.75, 3.05) is 37.0 Å². The van der Waals surface area contributed by atoms with Gasteiger partial charge in [-0.25, -0.2) is 13.1 Å². The number of nitrogens with zero attached hydrogens (tertiary/aromatic N) is 2. The molecule has 174 valence electrons. The van der Waals surface area contributed by atoms with Crippen molar-refractivity contribution in [3.8, 4) is 0 Å². The molecule has 0 bridgehead atoms. The molecule has 0 aliphatic carbocycles. The van der Waals surface area contributed by atoms with Crippen LogP contribution in [0.25, 0.3) is 0 Å². The summed E-state index contributed by atoms with van der Waals surface area (Å²) in [5.41, 5.74) is 6.01. The van der Waals surface area contributed by atoms with Gasteiger partial charge in [0.05, 0.1) is 10.9 Å². The van der Waals surface area contributed by atoms with Gasteiger partial charge in [-0.05, 0) is 72.9 Å². The monoisotopic (exact) mass is 483 g/mol. The number of fused-ring (bicyclic) bond motifs is 1. The molecular weight excluding hydrogens is 454 g/mol. The first-order chi connectivity index (χ1) is 15.7. The second kappa shape index (κ2) is 9.37. The van der Waals surface area contributed by atoms with Gasteiger partial charge in [-0.2, -0.15) is 0 Å². The molecular formula is C26H30ClN3O2S. The molecule has 0 aromatic heterocycles. The Morgan fingerprint density at radius 1 is 1.03 bits per heavy atom. The Balaban J connectivity index is 1.66. The lowest BCUT2D eigenvalue weighted by atomic mass is 10.0. The van der Waals surface area contributed by atoms with Crippen molar-refractivity contribution < 1.29 is 8.42 Å². The zero-order chi connectivity index (χ0) is 23.8. The van der Waals surface area contributed by atoms with Crippen LogP contribution in [0.1, 0.15) is 28.3 Å². The van der Waals surface area contributed by atoms with Gasteiger partial charge in [-0.15, -0.1) is 0 Å². The molecule has 3 aromatic carbocycles. The second-order valence-electron chi connectivity index (χ2n) is 8.79. The fourth-order valence-electron chi connectivity index (χ4n) is 4.40. The van der Waals surface area contributed by atoms with Crippen molar-refractivity contribution in [2.24, 2.45) is 0 Å². The van der Waals surface area contributed by atoms with Gasteiger partial charge in [0.2, 0.25) is 10.0 Å². The van der Waals surface area contributed by atoms with E-state index in [1.54, 1.807) is 19.1 Å². The highest BCUT2D eigenvalue weighted by molar-refractivity contribution is 7.89. The van der Waals surface area contributed by atoms with Crippen molar-refractivity contribution in [3.63, 3.8) is 0 Å². The molecule has 1 atom stereocenters. The standard InChI is InChI=1S/C26H30ClN3O2S/c1-18-16-26(19(2)15-23(18)27)33(31,32)28-17-25(21-9-11-22(12-10-21)29(3)4)30-14-13-20-7-5-6-8-24(20)30/h5-12,15-16,25,28H,13-14,17H2,1-4H3. The lowest BCUT2D eigenvalue weighted by molar-refractivity contribution is 0.562. The Morgan fingerprint density at radius 2 is 1.73 bits per heavy atom. The molecule has 5 nitrogen and oxygen atoms in total. The van der Waals surface area contributed by atoms with Gasteiger partial charge >= 0.3 is 0 Å². The van der Waals surface area contributed by atoms with Crippen LogP contribution >= 0.6 is 11.6 Å². The molecule has 0 saturated heterocycles. The molecule has 7 heteroatoms. The predicted molar refractivity (Wildman–Crippen MR) is 137 cm³/mol. The Labute approximate surface area is 202 Å². The topological polar surface area (TPSA) is 52.7 Å². The molecule has 1 aliphatic rings. The van der Waals surface area contributed by atoms with Crippen LogP contribution in [0.5, 0.6) is 0 Å². The SMILES string of the molecule is Cc1cc(S(=O)(=O)NCC(c2ccc(N(C)C)cc2)N2CCc3ccccc32)c(C)cc1Cl. The van der Waals surface area contributed by atoms with E-state index in [4.69, 9.17) is 11.6 Å². The minimum Gasteiger partial charge on any atom is -0.378 e. The maximum atomic E-state index is 13.3. The van der Waals surface area contributed by atoms with Crippen LogP contribution in [0, 0.1) is 13.8 Å². The van der Waals surface area contributed by atoms with Gasteiger partial charge in [-0.1, -0.05) is 41.9 Å². The summed E-state index contributed by atoms with van der Waals surface area (Å²) in [6.45, 7) is 4.70. The van der Waals surface area contributed by atoms with E-state index in [2.05, 4.69) is 57.0 Å². The van der Waals surface area contributed by atoms with Gasteiger partial charge in [-0.3, -0.25) is 0 Å². The average molecular weight is 484 g/mol. The van der Waals surface area contributed by atoms with Gasteiger partial charge in [0.1, 0.15) is 0 Å². The smallest absolute Gasteiger partial charge is 0.240 e. The Bertz CT molecular complexity index is 1260. The largest absolute Gasteiger partial charge is 0.378 e. The highest BCUT2D eigenvalue weighted by Crippen LogP contribution is 2.35. The third-order valence-electron chi connectivity index (χ3n) is 6.31.